The lowest BCUT2D eigenvalue weighted by Gasteiger charge is -2.41. The van der Waals surface area contributed by atoms with Crippen molar-refractivity contribution in [3.05, 3.63) is 18.1 Å². The molecule has 1 aromatic rings. The molecule has 2 bridgehead atoms. The number of aromatic nitrogens is 2. The summed E-state index contributed by atoms with van der Waals surface area (Å²) < 4.78 is 43.3. The van der Waals surface area contributed by atoms with Gasteiger partial charge in [0.15, 0.2) is 5.69 Å². The second-order valence-corrected chi connectivity index (χ2v) is 7.44. The molecule has 0 N–H and O–H groups in total. The van der Waals surface area contributed by atoms with Crippen molar-refractivity contribution in [3.63, 3.8) is 0 Å². The van der Waals surface area contributed by atoms with E-state index in [9.17, 15) is 18.0 Å². The lowest BCUT2D eigenvalue weighted by molar-refractivity contribution is -0.141. The molecule has 1 aromatic heterocycles. The Balaban J connectivity index is 1.70. The molecule has 0 aromatic carbocycles. The van der Waals surface area contributed by atoms with Gasteiger partial charge >= 0.3 is 12.3 Å². The van der Waals surface area contributed by atoms with Crippen LogP contribution in [0, 0.1) is 0 Å². The first kappa shape index (κ1) is 17.8. The number of ether oxygens (including phenoxy) is 1. The number of alkyl halides is 3. The molecule has 2 aliphatic heterocycles. The zero-order chi connectivity index (χ0) is 18.4. The largest absolute Gasteiger partial charge is 0.444 e. The number of piperazine rings is 1. The summed E-state index contributed by atoms with van der Waals surface area (Å²) in [7, 11) is 0. The second-order valence-electron chi connectivity index (χ2n) is 7.44. The van der Waals surface area contributed by atoms with Gasteiger partial charge in [-0.3, -0.25) is 4.90 Å². The van der Waals surface area contributed by atoms with Gasteiger partial charge in [-0.05, 0) is 33.6 Å². The van der Waals surface area contributed by atoms with Gasteiger partial charge in [0.25, 0.3) is 0 Å². The third kappa shape index (κ3) is 3.80. The van der Waals surface area contributed by atoms with Crippen molar-refractivity contribution in [2.75, 3.05) is 18.0 Å². The molecule has 25 heavy (non-hydrogen) atoms. The van der Waals surface area contributed by atoms with Gasteiger partial charge in [-0.15, -0.1) is 0 Å². The average Bonchev–Trinajstić information content (AvgIpc) is 2.75. The second kappa shape index (κ2) is 6.03. The Morgan fingerprint density at radius 1 is 1.12 bits per heavy atom. The van der Waals surface area contributed by atoms with Gasteiger partial charge in [-0.2, -0.15) is 13.2 Å². The predicted octanol–water partition coefficient (Wildman–Crippen LogP) is 3.08. The summed E-state index contributed by atoms with van der Waals surface area (Å²) in [6.07, 6.45) is -1.26. The van der Waals surface area contributed by atoms with Crippen molar-refractivity contribution in [2.24, 2.45) is 0 Å². The van der Waals surface area contributed by atoms with E-state index in [1.165, 1.54) is 0 Å². The number of anilines is 1. The van der Waals surface area contributed by atoms with Crippen LogP contribution in [0.3, 0.4) is 0 Å². The van der Waals surface area contributed by atoms with Crippen molar-refractivity contribution in [2.45, 2.75) is 57.5 Å². The molecule has 2 saturated heterocycles. The number of hydrogen-bond acceptors (Lipinski definition) is 5. The number of carbonyl (C=O) groups excluding carboxylic acids is 1. The SMILES string of the molecule is CC(C)(C)OC(=O)N1C2CCC1CN(c1cnc(C(F)(F)F)cn1)C2. The van der Waals surface area contributed by atoms with Gasteiger partial charge in [0.05, 0.1) is 24.5 Å². The van der Waals surface area contributed by atoms with Gasteiger partial charge in [0, 0.05) is 13.1 Å². The van der Waals surface area contributed by atoms with Gasteiger partial charge in [-0.25, -0.2) is 14.8 Å². The molecule has 0 aliphatic carbocycles. The maximum Gasteiger partial charge on any atom is 0.434 e. The van der Waals surface area contributed by atoms with Gasteiger partial charge in [0.1, 0.15) is 11.4 Å². The van der Waals surface area contributed by atoms with Crippen molar-refractivity contribution in [3.8, 4) is 0 Å². The summed E-state index contributed by atoms with van der Waals surface area (Å²) in [4.78, 5) is 23.4. The number of halogens is 3. The molecule has 0 spiro atoms. The molecule has 2 unspecified atom stereocenters. The highest BCUT2D eigenvalue weighted by molar-refractivity contribution is 5.70. The topological polar surface area (TPSA) is 58.6 Å². The van der Waals surface area contributed by atoms with Crippen molar-refractivity contribution in [1.29, 1.82) is 0 Å². The van der Waals surface area contributed by atoms with Crippen molar-refractivity contribution < 1.29 is 22.7 Å². The number of rotatable bonds is 1. The highest BCUT2D eigenvalue weighted by Crippen LogP contribution is 2.34. The third-order valence-electron chi connectivity index (χ3n) is 4.34. The molecule has 0 radical (unpaired) electrons. The van der Waals surface area contributed by atoms with Crippen LogP contribution in [0.5, 0.6) is 0 Å². The van der Waals surface area contributed by atoms with E-state index in [1.54, 1.807) is 4.90 Å². The highest BCUT2D eigenvalue weighted by Gasteiger charge is 2.44. The number of amides is 1. The van der Waals surface area contributed by atoms with Crippen LogP contribution in [0.1, 0.15) is 39.3 Å². The van der Waals surface area contributed by atoms with E-state index >= 15 is 0 Å². The Hall–Kier alpha value is -2.06. The minimum atomic E-state index is -4.50. The molecular formula is C16H21F3N4O2. The Morgan fingerprint density at radius 3 is 2.16 bits per heavy atom. The van der Waals surface area contributed by atoms with Crippen LogP contribution in [0.25, 0.3) is 0 Å². The van der Waals surface area contributed by atoms with Gasteiger partial charge in [0.2, 0.25) is 0 Å². The quantitative estimate of drug-likeness (QED) is 0.772. The molecule has 2 aliphatic rings. The summed E-state index contributed by atoms with van der Waals surface area (Å²) in [5.74, 6) is 0.397. The third-order valence-corrected chi connectivity index (χ3v) is 4.34. The zero-order valence-electron chi connectivity index (χ0n) is 14.4. The number of fused-ring (bicyclic) bond motifs is 2. The first-order valence-corrected chi connectivity index (χ1v) is 8.20. The average molecular weight is 358 g/mol. The number of hydrogen-bond donors (Lipinski definition) is 0. The number of carbonyl (C=O) groups is 1. The zero-order valence-corrected chi connectivity index (χ0v) is 14.4. The summed E-state index contributed by atoms with van der Waals surface area (Å²) in [5.41, 5.74) is -1.57. The molecular weight excluding hydrogens is 337 g/mol. The summed E-state index contributed by atoms with van der Waals surface area (Å²) in [6.45, 7) is 6.48. The number of nitrogens with zero attached hydrogens (tertiary/aromatic N) is 4. The molecule has 3 heterocycles. The molecule has 2 atom stereocenters. The van der Waals surface area contributed by atoms with E-state index in [1.807, 2.05) is 25.7 Å². The molecule has 9 heteroatoms. The summed E-state index contributed by atoms with van der Waals surface area (Å²) in [5, 5.41) is 0. The van der Waals surface area contributed by atoms with Crippen LogP contribution >= 0.6 is 0 Å². The van der Waals surface area contributed by atoms with Crippen molar-refractivity contribution in [1.82, 2.24) is 14.9 Å². The van der Waals surface area contributed by atoms with Crippen LogP contribution in [0.2, 0.25) is 0 Å². The minimum absolute atomic E-state index is 0.0299. The van der Waals surface area contributed by atoms with Gasteiger partial charge in [-0.1, -0.05) is 0 Å². The molecule has 1 amide bonds. The van der Waals surface area contributed by atoms with E-state index in [-0.39, 0.29) is 18.2 Å². The van der Waals surface area contributed by atoms with Crippen LogP contribution in [-0.4, -0.2) is 51.7 Å². The minimum Gasteiger partial charge on any atom is -0.444 e. The fraction of sp³-hybridized carbons (Fsp3) is 0.688. The molecule has 138 valence electrons. The smallest absolute Gasteiger partial charge is 0.434 e. The van der Waals surface area contributed by atoms with Gasteiger partial charge < -0.3 is 9.64 Å². The fourth-order valence-corrected chi connectivity index (χ4v) is 3.33. The standard InChI is InChI=1S/C16H21F3N4O2/c1-15(2,3)25-14(24)23-10-4-5-11(23)9-22(8-10)13-7-20-12(6-21-13)16(17,18)19/h6-7,10-11H,4-5,8-9H2,1-3H3. The molecule has 0 saturated carbocycles. The maximum atomic E-state index is 12.6. The summed E-state index contributed by atoms with van der Waals surface area (Å²) in [6, 6.07) is -0.0598. The Kier molecular flexibility index (Phi) is 4.28. The first-order valence-electron chi connectivity index (χ1n) is 8.20. The van der Waals surface area contributed by atoms with Crippen molar-refractivity contribution >= 4 is 11.9 Å². The Morgan fingerprint density at radius 2 is 1.72 bits per heavy atom. The Bertz CT molecular complexity index is 628. The molecule has 3 rings (SSSR count). The van der Waals surface area contributed by atoms with Crippen LogP contribution in [-0.2, 0) is 10.9 Å². The maximum absolute atomic E-state index is 12.6. The van der Waals surface area contributed by atoms with Crippen LogP contribution < -0.4 is 4.90 Å². The normalized spacial score (nSPS) is 23.8. The predicted molar refractivity (Wildman–Crippen MR) is 84.1 cm³/mol. The lowest BCUT2D eigenvalue weighted by Crippen LogP contribution is -2.57. The highest BCUT2D eigenvalue weighted by atomic mass is 19.4. The van der Waals surface area contributed by atoms with E-state index in [0.717, 1.165) is 25.2 Å². The van der Waals surface area contributed by atoms with E-state index in [4.69, 9.17) is 4.74 Å². The van der Waals surface area contributed by atoms with Crippen LogP contribution in [0.4, 0.5) is 23.8 Å². The Labute approximate surface area is 144 Å². The van der Waals surface area contributed by atoms with E-state index in [0.29, 0.717) is 18.9 Å². The summed E-state index contributed by atoms with van der Waals surface area (Å²) >= 11 is 0. The lowest BCUT2D eigenvalue weighted by atomic mass is 10.2. The molecule has 2 fully saturated rings. The first-order chi connectivity index (χ1) is 11.5. The fourth-order valence-electron chi connectivity index (χ4n) is 3.33. The van der Waals surface area contributed by atoms with E-state index < -0.39 is 17.5 Å². The van der Waals surface area contributed by atoms with Crippen LogP contribution in [0.15, 0.2) is 12.4 Å². The molecule has 6 nitrogen and oxygen atoms in total. The van der Waals surface area contributed by atoms with E-state index in [2.05, 4.69) is 9.97 Å². The monoisotopic (exact) mass is 358 g/mol.